The Morgan fingerprint density at radius 1 is 0.708 bits per heavy atom. The second kappa shape index (κ2) is 4.90. The van der Waals surface area contributed by atoms with Crippen LogP contribution in [0.1, 0.15) is 0 Å². The third-order valence-corrected chi connectivity index (χ3v) is 4.41. The van der Waals surface area contributed by atoms with Crippen molar-refractivity contribution < 1.29 is 4.39 Å². The fourth-order valence-electron chi connectivity index (χ4n) is 3.35. The van der Waals surface area contributed by atoms with Gasteiger partial charge in [-0.3, -0.25) is 0 Å². The van der Waals surface area contributed by atoms with Gasteiger partial charge in [-0.15, -0.1) is 0 Å². The first-order chi connectivity index (χ1) is 11.8. The Kier molecular flexibility index (Phi) is 2.71. The molecule has 0 atom stereocenters. The third-order valence-electron chi connectivity index (χ3n) is 4.41. The van der Waals surface area contributed by atoms with Gasteiger partial charge in [-0.25, -0.2) is 9.37 Å². The van der Waals surface area contributed by atoms with E-state index in [9.17, 15) is 4.39 Å². The maximum Gasteiger partial charge on any atom is 0.125 e. The number of para-hydroxylation sites is 1. The molecule has 0 fully saturated rings. The average molecular weight is 312 g/mol. The molecule has 0 aliphatic carbocycles. The largest absolute Gasteiger partial charge is 0.305 e. The lowest BCUT2D eigenvalue weighted by Gasteiger charge is -2.09. The number of hydrogen-bond donors (Lipinski definition) is 0. The molecule has 5 rings (SSSR count). The third kappa shape index (κ3) is 1.85. The van der Waals surface area contributed by atoms with Crippen molar-refractivity contribution in [3.05, 3.63) is 84.7 Å². The quantitative estimate of drug-likeness (QED) is 0.402. The molecule has 2 aromatic heterocycles. The SMILES string of the molecule is Fc1ccc2nc(-c3ccccc3)c3cc4ccccc4n3c2c1. The Balaban J connectivity index is 2.05. The van der Waals surface area contributed by atoms with E-state index in [-0.39, 0.29) is 5.82 Å². The zero-order chi connectivity index (χ0) is 16.1. The monoisotopic (exact) mass is 312 g/mol. The van der Waals surface area contributed by atoms with Gasteiger partial charge in [0.15, 0.2) is 0 Å². The van der Waals surface area contributed by atoms with Crippen molar-refractivity contribution in [2.24, 2.45) is 0 Å². The van der Waals surface area contributed by atoms with E-state index >= 15 is 0 Å². The lowest BCUT2D eigenvalue weighted by molar-refractivity contribution is 0.629. The van der Waals surface area contributed by atoms with Crippen LogP contribution in [-0.2, 0) is 0 Å². The molecule has 0 saturated carbocycles. The second-order valence-electron chi connectivity index (χ2n) is 5.88. The van der Waals surface area contributed by atoms with Gasteiger partial charge in [0.25, 0.3) is 0 Å². The molecule has 0 spiro atoms. The Bertz CT molecular complexity index is 1210. The zero-order valence-corrected chi connectivity index (χ0v) is 12.8. The molecule has 2 nitrogen and oxygen atoms in total. The molecule has 24 heavy (non-hydrogen) atoms. The van der Waals surface area contributed by atoms with Crippen molar-refractivity contribution in [1.29, 1.82) is 0 Å². The molecule has 0 radical (unpaired) electrons. The molecule has 0 saturated heterocycles. The second-order valence-corrected chi connectivity index (χ2v) is 5.88. The van der Waals surface area contributed by atoms with E-state index in [0.717, 1.165) is 38.7 Å². The van der Waals surface area contributed by atoms with E-state index in [0.29, 0.717) is 0 Å². The first-order valence-electron chi connectivity index (χ1n) is 7.86. The highest BCUT2D eigenvalue weighted by molar-refractivity contribution is 5.98. The van der Waals surface area contributed by atoms with Crippen LogP contribution in [0.5, 0.6) is 0 Å². The highest BCUT2D eigenvalue weighted by Crippen LogP contribution is 2.32. The fourth-order valence-corrected chi connectivity index (χ4v) is 3.35. The number of benzene rings is 3. The molecule has 2 heterocycles. The molecule has 3 heteroatoms. The number of aromatic nitrogens is 2. The first-order valence-corrected chi connectivity index (χ1v) is 7.86. The van der Waals surface area contributed by atoms with E-state index in [1.54, 1.807) is 12.1 Å². The molecule has 3 aromatic carbocycles. The topological polar surface area (TPSA) is 17.3 Å². The summed E-state index contributed by atoms with van der Waals surface area (Å²) < 4.78 is 16.0. The summed E-state index contributed by atoms with van der Waals surface area (Å²) in [5.41, 5.74) is 5.57. The van der Waals surface area contributed by atoms with Gasteiger partial charge in [0, 0.05) is 17.0 Å². The number of rotatable bonds is 1. The maximum atomic E-state index is 13.9. The summed E-state index contributed by atoms with van der Waals surface area (Å²) in [6, 6.07) is 25.1. The lowest BCUT2D eigenvalue weighted by Crippen LogP contribution is -1.96. The van der Waals surface area contributed by atoms with Crippen LogP contribution in [0.15, 0.2) is 78.9 Å². The average Bonchev–Trinajstić information content (AvgIpc) is 3.02. The summed E-state index contributed by atoms with van der Waals surface area (Å²) >= 11 is 0. The molecular weight excluding hydrogens is 299 g/mol. The summed E-state index contributed by atoms with van der Waals surface area (Å²) in [5, 5.41) is 1.12. The Morgan fingerprint density at radius 2 is 1.50 bits per heavy atom. The van der Waals surface area contributed by atoms with E-state index in [1.807, 2.05) is 30.3 Å². The molecule has 0 aliphatic heterocycles. The molecule has 0 bridgehead atoms. The number of hydrogen-bond acceptors (Lipinski definition) is 1. The van der Waals surface area contributed by atoms with Crippen LogP contribution in [0.3, 0.4) is 0 Å². The number of halogens is 1. The van der Waals surface area contributed by atoms with Crippen molar-refractivity contribution >= 4 is 27.5 Å². The summed E-state index contributed by atoms with van der Waals surface area (Å²) in [4.78, 5) is 4.82. The van der Waals surface area contributed by atoms with E-state index in [1.165, 1.54) is 6.07 Å². The number of fused-ring (bicyclic) bond motifs is 5. The van der Waals surface area contributed by atoms with Gasteiger partial charge in [-0.2, -0.15) is 0 Å². The minimum absolute atomic E-state index is 0.254. The van der Waals surface area contributed by atoms with E-state index in [4.69, 9.17) is 4.98 Å². The highest BCUT2D eigenvalue weighted by atomic mass is 19.1. The Labute approximate surface area is 137 Å². The van der Waals surface area contributed by atoms with Crippen molar-refractivity contribution in [2.45, 2.75) is 0 Å². The highest BCUT2D eigenvalue weighted by Gasteiger charge is 2.14. The van der Waals surface area contributed by atoms with Crippen LogP contribution in [0.2, 0.25) is 0 Å². The van der Waals surface area contributed by atoms with Gasteiger partial charge in [-0.1, -0.05) is 48.5 Å². The van der Waals surface area contributed by atoms with Crippen LogP contribution in [0.4, 0.5) is 4.39 Å². The minimum atomic E-state index is -0.254. The molecule has 5 aromatic rings. The Hall–Kier alpha value is -3.20. The summed E-state index contributed by atoms with van der Waals surface area (Å²) in [6.07, 6.45) is 0. The summed E-state index contributed by atoms with van der Waals surface area (Å²) in [6.45, 7) is 0. The fraction of sp³-hybridized carbons (Fsp3) is 0. The van der Waals surface area contributed by atoms with Crippen molar-refractivity contribution in [2.75, 3.05) is 0 Å². The van der Waals surface area contributed by atoms with Crippen molar-refractivity contribution in [3.8, 4) is 11.3 Å². The zero-order valence-electron chi connectivity index (χ0n) is 12.8. The Morgan fingerprint density at radius 3 is 2.38 bits per heavy atom. The normalized spacial score (nSPS) is 11.5. The predicted molar refractivity (Wildman–Crippen MR) is 95.6 cm³/mol. The number of nitrogens with zero attached hydrogens (tertiary/aromatic N) is 2. The molecular formula is C21H13FN2. The summed E-state index contributed by atoms with van der Waals surface area (Å²) in [7, 11) is 0. The van der Waals surface area contributed by atoms with Gasteiger partial charge in [0.05, 0.1) is 27.8 Å². The van der Waals surface area contributed by atoms with Crippen LogP contribution in [0.25, 0.3) is 38.7 Å². The minimum Gasteiger partial charge on any atom is -0.305 e. The summed E-state index contributed by atoms with van der Waals surface area (Å²) in [5.74, 6) is -0.254. The van der Waals surface area contributed by atoms with Gasteiger partial charge in [0.1, 0.15) is 5.82 Å². The molecule has 0 unspecified atom stereocenters. The van der Waals surface area contributed by atoms with Crippen LogP contribution < -0.4 is 0 Å². The first kappa shape index (κ1) is 13.3. The molecule has 0 amide bonds. The van der Waals surface area contributed by atoms with Crippen molar-refractivity contribution in [3.63, 3.8) is 0 Å². The molecule has 0 N–H and O–H groups in total. The van der Waals surface area contributed by atoms with E-state index < -0.39 is 0 Å². The van der Waals surface area contributed by atoms with Gasteiger partial charge >= 0.3 is 0 Å². The van der Waals surface area contributed by atoms with Crippen molar-refractivity contribution in [1.82, 2.24) is 9.38 Å². The lowest BCUT2D eigenvalue weighted by atomic mass is 10.1. The van der Waals surface area contributed by atoms with Gasteiger partial charge in [-0.05, 0) is 24.3 Å². The molecule has 0 aliphatic rings. The van der Waals surface area contributed by atoms with Crippen LogP contribution >= 0.6 is 0 Å². The van der Waals surface area contributed by atoms with Crippen LogP contribution in [-0.4, -0.2) is 9.38 Å². The van der Waals surface area contributed by atoms with Gasteiger partial charge in [0.2, 0.25) is 0 Å². The predicted octanol–water partition coefficient (Wildman–Crippen LogP) is 5.45. The molecule has 114 valence electrons. The maximum absolute atomic E-state index is 13.9. The van der Waals surface area contributed by atoms with Gasteiger partial charge < -0.3 is 4.40 Å². The van der Waals surface area contributed by atoms with Crippen LogP contribution in [0, 0.1) is 5.82 Å². The standard InChI is InChI=1S/C21H13FN2/c22-16-10-11-17-19(13-16)24-18-9-5-4-8-15(18)12-20(24)21(23-17)14-6-2-1-3-7-14/h1-13H. The van der Waals surface area contributed by atoms with E-state index in [2.05, 4.69) is 34.7 Å². The smallest absolute Gasteiger partial charge is 0.125 e.